The Morgan fingerprint density at radius 2 is 1.75 bits per heavy atom. The standard InChI is InChI=1S/C17H20N2O/c1-14-3-5-16(6-4-14)17(20)9-12-19(2)13-15-7-10-18-11-8-15/h3-8,10-11H,9,12-13H2,1-2H3. The number of Topliss-reactive ketones (excluding diaryl/α,β-unsaturated/α-hetero) is 1. The number of pyridine rings is 1. The third-order valence-corrected chi connectivity index (χ3v) is 3.30. The molecule has 0 aliphatic heterocycles. The molecule has 1 aromatic carbocycles. The van der Waals surface area contributed by atoms with Crippen molar-refractivity contribution in [1.82, 2.24) is 9.88 Å². The van der Waals surface area contributed by atoms with Crippen LogP contribution >= 0.6 is 0 Å². The van der Waals surface area contributed by atoms with Crippen molar-refractivity contribution in [3.8, 4) is 0 Å². The van der Waals surface area contributed by atoms with Gasteiger partial charge in [-0.15, -0.1) is 0 Å². The molecule has 0 spiro atoms. The van der Waals surface area contributed by atoms with Crippen LogP contribution in [0.2, 0.25) is 0 Å². The number of aromatic nitrogens is 1. The van der Waals surface area contributed by atoms with Gasteiger partial charge < -0.3 is 4.90 Å². The lowest BCUT2D eigenvalue weighted by Crippen LogP contribution is -2.21. The van der Waals surface area contributed by atoms with E-state index in [4.69, 9.17) is 0 Å². The topological polar surface area (TPSA) is 33.2 Å². The molecule has 0 aliphatic rings. The molecule has 0 fully saturated rings. The highest BCUT2D eigenvalue weighted by atomic mass is 16.1. The van der Waals surface area contributed by atoms with Crippen LogP contribution < -0.4 is 0 Å². The summed E-state index contributed by atoms with van der Waals surface area (Å²) in [5.41, 5.74) is 3.19. The third-order valence-electron chi connectivity index (χ3n) is 3.30. The fraction of sp³-hybridized carbons (Fsp3) is 0.294. The van der Waals surface area contributed by atoms with Gasteiger partial charge in [-0.05, 0) is 31.7 Å². The summed E-state index contributed by atoms with van der Waals surface area (Å²) in [6.07, 6.45) is 4.13. The molecule has 0 radical (unpaired) electrons. The Kier molecular flexibility index (Phi) is 5.02. The highest BCUT2D eigenvalue weighted by Crippen LogP contribution is 2.08. The quantitative estimate of drug-likeness (QED) is 0.755. The van der Waals surface area contributed by atoms with Crippen LogP contribution in [0, 0.1) is 6.92 Å². The van der Waals surface area contributed by atoms with Gasteiger partial charge in [0.25, 0.3) is 0 Å². The summed E-state index contributed by atoms with van der Waals surface area (Å²) in [6, 6.07) is 11.8. The van der Waals surface area contributed by atoms with Gasteiger partial charge in [-0.1, -0.05) is 29.8 Å². The first-order valence-electron chi connectivity index (χ1n) is 6.82. The van der Waals surface area contributed by atoms with E-state index >= 15 is 0 Å². The second-order valence-electron chi connectivity index (χ2n) is 5.13. The highest BCUT2D eigenvalue weighted by molar-refractivity contribution is 5.96. The molecule has 0 saturated heterocycles. The summed E-state index contributed by atoms with van der Waals surface area (Å²) < 4.78 is 0. The summed E-state index contributed by atoms with van der Waals surface area (Å²) in [6.45, 7) is 3.62. The Morgan fingerprint density at radius 1 is 1.10 bits per heavy atom. The van der Waals surface area contributed by atoms with Crippen molar-refractivity contribution in [3.63, 3.8) is 0 Å². The average Bonchev–Trinajstić information content (AvgIpc) is 2.46. The number of carbonyl (C=O) groups excluding carboxylic acids is 1. The molecule has 2 rings (SSSR count). The second-order valence-corrected chi connectivity index (χ2v) is 5.13. The first-order valence-corrected chi connectivity index (χ1v) is 6.82. The van der Waals surface area contributed by atoms with Crippen LogP contribution in [0.15, 0.2) is 48.8 Å². The van der Waals surface area contributed by atoms with Crippen molar-refractivity contribution < 1.29 is 4.79 Å². The van der Waals surface area contributed by atoms with Crippen LogP contribution in [-0.2, 0) is 6.54 Å². The summed E-state index contributed by atoms with van der Waals surface area (Å²) >= 11 is 0. The predicted octanol–water partition coefficient (Wildman–Crippen LogP) is 3.09. The van der Waals surface area contributed by atoms with Crippen LogP contribution in [0.1, 0.15) is 27.9 Å². The molecule has 2 aromatic rings. The second kappa shape index (κ2) is 6.96. The van der Waals surface area contributed by atoms with Gasteiger partial charge in [0, 0.05) is 37.5 Å². The number of nitrogens with zero attached hydrogens (tertiary/aromatic N) is 2. The van der Waals surface area contributed by atoms with Crippen LogP contribution in [0.5, 0.6) is 0 Å². The van der Waals surface area contributed by atoms with Gasteiger partial charge >= 0.3 is 0 Å². The van der Waals surface area contributed by atoms with E-state index in [1.165, 1.54) is 11.1 Å². The van der Waals surface area contributed by atoms with Crippen LogP contribution in [0.4, 0.5) is 0 Å². The summed E-state index contributed by atoms with van der Waals surface area (Å²) in [5, 5.41) is 0. The van der Waals surface area contributed by atoms with Crippen molar-refractivity contribution >= 4 is 5.78 Å². The monoisotopic (exact) mass is 268 g/mol. The van der Waals surface area contributed by atoms with Gasteiger partial charge in [0.05, 0.1) is 0 Å². The van der Waals surface area contributed by atoms with Crippen molar-refractivity contribution in [2.45, 2.75) is 19.9 Å². The molecule has 104 valence electrons. The minimum atomic E-state index is 0.201. The van der Waals surface area contributed by atoms with Crippen LogP contribution in [0.25, 0.3) is 0 Å². The zero-order chi connectivity index (χ0) is 14.4. The van der Waals surface area contributed by atoms with E-state index in [2.05, 4.69) is 9.88 Å². The molecule has 0 aliphatic carbocycles. The van der Waals surface area contributed by atoms with E-state index in [1.54, 1.807) is 12.4 Å². The molecule has 1 aromatic heterocycles. The molecule has 1 heterocycles. The van der Waals surface area contributed by atoms with E-state index in [0.29, 0.717) is 6.42 Å². The maximum absolute atomic E-state index is 12.1. The highest BCUT2D eigenvalue weighted by Gasteiger charge is 2.07. The SMILES string of the molecule is Cc1ccc(C(=O)CCN(C)Cc2ccncc2)cc1. The molecule has 0 saturated carbocycles. The summed E-state index contributed by atoms with van der Waals surface area (Å²) in [4.78, 5) is 18.2. The van der Waals surface area contributed by atoms with Gasteiger partial charge in [-0.2, -0.15) is 0 Å². The Labute approximate surface area is 120 Å². The largest absolute Gasteiger partial charge is 0.302 e. The molecule has 3 heteroatoms. The van der Waals surface area contributed by atoms with E-state index in [1.807, 2.05) is 50.4 Å². The number of hydrogen-bond donors (Lipinski definition) is 0. The number of hydrogen-bond acceptors (Lipinski definition) is 3. The van der Waals surface area contributed by atoms with E-state index in [-0.39, 0.29) is 5.78 Å². The smallest absolute Gasteiger partial charge is 0.164 e. The van der Waals surface area contributed by atoms with Gasteiger partial charge in [0.1, 0.15) is 0 Å². The van der Waals surface area contributed by atoms with Crippen molar-refractivity contribution in [2.24, 2.45) is 0 Å². The maximum atomic E-state index is 12.1. The number of ketones is 1. The number of aryl methyl sites for hydroxylation is 1. The minimum Gasteiger partial charge on any atom is -0.302 e. The Morgan fingerprint density at radius 3 is 2.40 bits per heavy atom. The number of carbonyl (C=O) groups is 1. The molecule has 0 bridgehead atoms. The minimum absolute atomic E-state index is 0.201. The summed E-state index contributed by atoms with van der Waals surface area (Å²) in [5.74, 6) is 0.201. The fourth-order valence-electron chi connectivity index (χ4n) is 2.06. The zero-order valence-corrected chi connectivity index (χ0v) is 12.0. The fourth-order valence-corrected chi connectivity index (χ4v) is 2.06. The lowest BCUT2D eigenvalue weighted by Gasteiger charge is -2.16. The van der Waals surface area contributed by atoms with Crippen LogP contribution in [0.3, 0.4) is 0 Å². The van der Waals surface area contributed by atoms with E-state index < -0.39 is 0 Å². The number of rotatable bonds is 6. The van der Waals surface area contributed by atoms with Crippen molar-refractivity contribution in [3.05, 3.63) is 65.5 Å². The van der Waals surface area contributed by atoms with Gasteiger partial charge in [0.15, 0.2) is 5.78 Å². The Bertz CT molecular complexity index is 549. The molecule has 0 N–H and O–H groups in total. The molecule has 0 atom stereocenters. The normalized spacial score (nSPS) is 10.8. The lowest BCUT2D eigenvalue weighted by atomic mass is 10.1. The van der Waals surface area contributed by atoms with Crippen molar-refractivity contribution in [1.29, 1.82) is 0 Å². The molecule has 20 heavy (non-hydrogen) atoms. The van der Waals surface area contributed by atoms with Gasteiger partial charge in [0.2, 0.25) is 0 Å². The van der Waals surface area contributed by atoms with Gasteiger partial charge in [-0.3, -0.25) is 9.78 Å². The average molecular weight is 268 g/mol. The lowest BCUT2D eigenvalue weighted by molar-refractivity contribution is 0.0968. The molecule has 0 amide bonds. The molecule has 3 nitrogen and oxygen atoms in total. The van der Waals surface area contributed by atoms with E-state index in [0.717, 1.165) is 18.7 Å². The predicted molar refractivity (Wildman–Crippen MR) is 80.7 cm³/mol. The first-order chi connectivity index (χ1) is 9.65. The van der Waals surface area contributed by atoms with Gasteiger partial charge in [-0.25, -0.2) is 0 Å². The zero-order valence-electron chi connectivity index (χ0n) is 12.0. The van der Waals surface area contributed by atoms with Crippen molar-refractivity contribution in [2.75, 3.05) is 13.6 Å². The molecular formula is C17H20N2O. The number of benzene rings is 1. The third kappa shape index (κ3) is 4.28. The Balaban J connectivity index is 1.82. The van der Waals surface area contributed by atoms with Crippen LogP contribution in [-0.4, -0.2) is 29.3 Å². The summed E-state index contributed by atoms with van der Waals surface area (Å²) in [7, 11) is 2.03. The van der Waals surface area contributed by atoms with E-state index in [9.17, 15) is 4.79 Å². The Hall–Kier alpha value is -2.00. The maximum Gasteiger partial charge on any atom is 0.164 e. The molecular weight excluding hydrogens is 248 g/mol. The molecule has 0 unspecified atom stereocenters. The first kappa shape index (κ1) is 14.4.